The number of rotatable bonds is 3. The van der Waals surface area contributed by atoms with Crippen molar-refractivity contribution < 1.29 is 9.59 Å². The number of urea groups is 1. The number of aromatic nitrogens is 3. The second-order valence-corrected chi connectivity index (χ2v) is 9.20. The second kappa shape index (κ2) is 8.20. The largest absolute Gasteiger partial charge is 0.321 e. The van der Waals surface area contributed by atoms with Crippen LogP contribution in [0.2, 0.25) is 0 Å². The van der Waals surface area contributed by atoms with E-state index in [0.29, 0.717) is 24.1 Å². The van der Waals surface area contributed by atoms with Crippen molar-refractivity contribution in [1.82, 2.24) is 29.9 Å². The van der Waals surface area contributed by atoms with Gasteiger partial charge in [0.2, 0.25) is 0 Å². The topological polar surface area (TPSA) is 97.5 Å². The lowest BCUT2D eigenvalue weighted by Crippen LogP contribution is -2.59. The third-order valence-electron chi connectivity index (χ3n) is 7.24. The molecule has 3 aliphatic heterocycles. The Morgan fingerprint density at radius 1 is 1.25 bits per heavy atom. The van der Waals surface area contributed by atoms with E-state index in [0.717, 1.165) is 42.9 Å². The summed E-state index contributed by atoms with van der Waals surface area (Å²) in [6.07, 6.45) is 4.87. The molecule has 0 aromatic carbocycles. The SMILES string of the molecule is CCc1ccnc(C(=O)Nc2n[nH]c3c2CN(C(=O)N2C[C@@H]4CCCN4C[C@@H]2C)C3C)c1. The summed E-state index contributed by atoms with van der Waals surface area (Å²) in [7, 11) is 0. The van der Waals surface area contributed by atoms with Crippen LogP contribution in [-0.4, -0.2) is 73.5 Å². The molecule has 9 heteroatoms. The first-order valence-corrected chi connectivity index (χ1v) is 11.6. The summed E-state index contributed by atoms with van der Waals surface area (Å²) in [6, 6.07) is 4.32. The molecule has 2 aromatic heterocycles. The molecule has 3 atom stereocenters. The highest BCUT2D eigenvalue weighted by Gasteiger charge is 2.42. The molecule has 0 saturated carbocycles. The lowest BCUT2D eigenvalue weighted by Gasteiger charge is -2.44. The van der Waals surface area contributed by atoms with Gasteiger partial charge in [0, 0.05) is 36.9 Å². The minimum atomic E-state index is -0.294. The van der Waals surface area contributed by atoms with Gasteiger partial charge in [-0.3, -0.25) is 19.8 Å². The maximum absolute atomic E-state index is 13.5. The number of carbonyl (C=O) groups is 2. The van der Waals surface area contributed by atoms with E-state index in [2.05, 4.69) is 32.3 Å². The van der Waals surface area contributed by atoms with Crippen molar-refractivity contribution in [2.45, 2.75) is 64.7 Å². The van der Waals surface area contributed by atoms with Gasteiger partial charge >= 0.3 is 6.03 Å². The number of amides is 3. The summed E-state index contributed by atoms with van der Waals surface area (Å²) >= 11 is 0. The van der Waals surface area contributed by atoms with Crippen molar-refractivity contribution in [1.29, 1.82) is 0 Å². The van der Waals surface area contributed by atoms with Crippen LogP contribution in [0, 0.1) is 0 Å². The van der Waals surface area contributed by atoms with Gasteiger partial charge in [-0.25, -0.2) is 4.79 Å². The van der Waals surface area contributed by atoms with Crippen LogP contribution >= 0.6 is 0 Å². The molecule has 5 rings (SSSR count). The zero-order valence-electron chi connectivity index (χ0n) is 19.0. The monoisotopic (exact) mass is 437 g/mol. The molecule has 0 radical (unpaired) electrons. The molecular formula is C23H31N7O2. The maximum Gasteiger partial charge on any atom is 0.321 e. The Bertz CT molecular complexity index is 1040. The Balaban J connectivity index is 1.30. The third-order valence-corrected chi connectivity index (χ3v) is 7.24. The Morgan fingerprint density at radius 2 is 2.09 bits per heavy atom. The zero-order valence-corrected chi connectivity index (χ0v) is 19.0. The van der Waals surface area contributed by atoms with Gasteiger partial charge in [0.25, 0.3) is 5.91 Å². The Morgan fingerprint density at radius 3 is 2.91 bits per heavy atom. The number of fused-ring (bicyclic) bond motifs is 2. The number of H-pyrrole nitrogens is 1. The fourth-order valence-electron chi connectivity index (χ4n) is 5.29. The number of aromatic amines is 1. The molecule has 1 unspecified atom stereocenters. The molecule has 0 aliphatic carbocycles. The number of hydrogen-bond donors (Lipinski definition) is 2. The first kappa shape index (κ1) is 20.9. The number of carbonyl (C=O) groups excluding carboxylic acids is 2. The van der Waals surface area contributed by atoms with Crippen LogP contribution in [0.25, 0.3) is 0 Å². The van der Waals surface area contributed by atoms with Gasteiger partial charge in [0.05, 0.1) is 18.3 Å². The summed E-state index contributed by atoms with van der Waals surface area (Å²) in [5, 5.41) is 10.3. The zero-order chi connectivity index (χ0) is 22.4. The van der Waals surface area contributed by atoms with E-state index in [1.165, 1.54) is 12.8 Å². The first-order valence-electron chi connectivity index (χ1n) is 11.6. The molecule has 3 aliphatic rings. The van der Waals surface area contributed by atoms with Gasteiger partial charge in [-0.05, 0) is 57.4 Å². The molecular weight excluding hydrogens is 406 g/mol. The number of hydrogen-bond acceptors (Lipinski definition) is 5. The van der Waals surface area contributed by atoms with E-state index >= 15 is 0 Å². The average Bonchev–Trinajstić information content (AvgIpc) is 3.50. The van der Waals surface area contributed by atoms with Crippen molar-refractivity contribution in [2.24, 2.45) is 0 Å². The van der Waals surface area contributed by atoms with Gasteiger partial charge in [0.1, 0.15) is 5.69 Å². The Hall–Kier alpha value is -2.94. The van der Waals surface area contributed by atoms with Crippen molar-refractivity contribution in [3.05, 3.63) is 40.8 Å². The normalized spacial score (nSPS) is 25.0. The van der Waals surface area contributed by atoms with Crippen molar-refractivity contribution in [2.75, 3.05) is 25.0 Å². The van der Waals surface area contributed by atoms with Crippen LogP contribution in [0.3, 0.4) is 0 Å². The van der Waals surface area contributed by atoms with E-state index in [1.54, 1.807) is 12.3 Å². The number of nitrogens with one attached hydrogen (secondary N) is 2. The molecule has 170 valence electrons. The number of piperazine rings is 1. The lowest BCUT2D eigenvalue weighted by molar-refractivity contribution is 0.0580. The van der Waals surface area contributed by atoms with E-state index < -0.39 is 0 Å². The molecule has 5 heterocycles. The van der Waals surface area contributed by atoms with Gasteiger partial charge < -0.3 is 15.1 Å². The molecule has 32 heavy (non-hydrogen) atoms. The summed E-state index contributed by atoms with van der Waals surface area (Å²) in [4.78, 5) is 36.9. The summed E-state index contributed by atoms with van der Waals surface area (Å²) < 4.78 is 0. The number of nitrogens with zero attached hydrogens (tertiary/aromatic N) is 5. The molecule has 0 bridgehead atoms. The van der Waals surface area contributed by atoms with E-state index in [9.17, 15) is 9.59 Å². The van der Waals surface area contributed by atoms with Crippen molar-refractivity contribution >= 4 is 17.8 Å². The lowest BCUT2D eigenvalue weighted by atomic mass is 10.1. The average molecular weight is 438 g/mol. The predicted molar refractivity (Wildman–Crippen MR) is 120 cm³/mol. The Labute approximate surface area is 188 Å². The minimum Gasteiger partial charge on any atom is -0.319 e. The van der Waals surface area contributed by atoms with Crippen LogP contribution in [0.15, 0.2) is 18.3 Å². The van der Waals surface area contributed by atoms with E-state index in [1.807, 2.05) is 29.7 Å². The minimum absolute atomic E-state index is 0.0655. The fraction of sp³-hybridized carbons (Fsp3) is 0.565. The molecule has 0 spiro atoms. The smallest absolute Gasteiger partial charge is 0.319 e. The van der Waals surface area contributed by atoms with Gasteiger partial charge in [-0.1, -0.05) is 6.92 Å². The van der Waals surface area contributed by atoms with Crippen LogP contribution < -0.4 is 5.32 Å². The molecule has 2 saturated heterocycles. The number of aryl methyl sites for hydroxylation is 1. The summed E-state index contributed by atoms with van der Waals surface area (Å²) in [5.41, 5.74) is 3.18. The van der Waals surface area contributed by atoms with Crippen LogP contribution in [-0.2, 0) is 13.0 Å². The molecule has 9 nitrogen and oxygen atoms in total. The first-order chi connectivity index (χ1) is 15.5. The van der Waals surface area contributed by atoms with E-state index in [-0.39, 0.29) is 24.0 Å². The van der Waals surface area contributed by atoms with Crippen LogP contribution in [0.1, 0.15) is 67.0 Å². The second-order valence-electron chi connectivity index (χ2n) is 9.20. The summed E-state index contributed by atoms with van der Waals surface area (Å²) in [5.74, 6) is 0.183. The maximum atomic E-state index is 13.5. The highest BCUT2D eigenvalue weighted by atomic mass is 16.2. The van der Waals surface area contributed by atoms with Gasteiger partial charge in [-0.15, -0.1) is 0 Å². The molecule has 2 N–H and O–H groups in total. The summed E-state index contributed by atoms with van der Waals surface area (Å²) in [6.45, 7) is 9.49. The molecule has 2 aromatic rings. The van der Waals surface area contributed by atoms with Crippen molar-refractivity contribution in [3.63, 3.8) is 0 Å². The number of pyridine rings is 1. The van der Waals surface area contributed by atoms with Crippen molar-refractivity contribution in [3.8, 4) is 0 Å². The quantitative estimate of drug-likeness (QED) is 0.770. The predicted octanol–water partition coefficient (Wildman–Crippen LogP) is 2.78. The fourth-order valence-corrected chi connectivity index (χ4v) is 5.29. The van der Waals surface area contributed by atoms with Gasteiger partial charge in [0.15, 0.2) is 5.82 Å². The standard InChI is InChI=1S/C23H31N7O2/c1-4-16-7-8-24-19(10-16)22(31)25-21-18-13-30(15(3)20(18)26-27-21)23(32)29-12-17-6-5-9-28(17)11-14(29)2/h7-8,10,14-15,17H,4-6,9,11-13H2,1-3H3,(H2,25,26,27,31)/t14-,15?,17-/m0/s1. The molecule has 3 amide bonds. The third kappa shape index (κ3) is 3.54. The number of anilines is 1. The highest BCUT2D eigenvalue weighted by molar-refractivity contribution is 6.03. The highest BCUT2D eigenvalue weighted by Crippen LogP contribution is 2.37. The van der Waals surface area contributed by atoms with Gasteiger partial charge in [-0.2, -0.15) is 5.10 Å². The van der Waals surface area contributed by atoms with Crippen LogP contribution in [0.5, 0.6) is 0 Å². The Kier molecular flexibility index (Phi) is 5.36. The van der Waals surface area contributed by atoms with Crippen LogP contribution in [0.4, 0.5) is 10.6 Å². The molecule has 2 fully saturated rings. The van der Waals surface area contributed by atoms with E-state index in [4.69, 9.17) is 0 Å².